The fourth-order valence-corrected chi connectivity index (χ4v) is 9.20. The van der Waals surface area contributed by atoms with Gasteiger partial charge in [-0.2, -0.15) is 0 Å². The van der Waals surface area contributed by atoms with Crippen LogP contribution in [0.4, 0.5) is 0 Å². The van der Waals surface area contributed by atoms with Crippen molar-refractivity contribution in [3.05, 3.63) is 194 Å². The number of hydrogen-bond donors (Lipinski definition) is 0. The number of hydrogen-bond acceptors (Lipinski definition) is 4. The zero-order valence-corrected chi connectivity index (χ0v) is 32.1. The molecule has 1 aliphatic rings. The van der Waals surface area contributed by atoms with Gasteiger partial charge in [0.1, 0.15) is 11.2 Å². The first-order chi connectivity index (χ1) is 29.2. The van der Waals surface area contributed by atoms with E-state index in [4.69, 9.17) is 19.4 Å². The van der Waals surface area contributed by atoms with Gasteiger partial charge in [-0.3, -0.25) is 0 Å². The van der Waals surface area contributed by atoms with Gasteiger partial charge in [-0.1, -0.05) is 164 Å². The molecule has 59 heavy (non-hydrogen) atoms. The van der Waals surface area contributed by atoms with Crippen LogP contribution in [0.5, 0.6) is 0 Å². The summed E-state index contributed by atoms with van der Waals surface area (Å²) in [5, 5.41) is 11.5. The molecule has 0 saturated heterocycles. The first kappa shape index (κ1) is 33.4. The fraction of sp³-hybridized carbons (Fsp3) is 0.0364. The van der Waals surface area contributed by atoms with E-state index in [1.165, 1.54) is 32.7 Å². The van der Waals surface area contributed by atoms with Crippen LogP contribution in [0.25, 0.3) is 116 Å². The summed E-state index contributed by atoms with van der Waals surface area (Å²) in [7, 11) is 0. The second kappa shape index (κ2) is 13.5. The van der Waals surface area contributed by atoms with Gasteiger partial charge in [0.2, 0.25) is 0 Å². The molecule has 2 aromatic heterocycles. The molecule has 0 bridgehead atoms. The minimum absolute atomic E-state index is 0.629. The normalized spacial score (nSPS) is 13.0. The van der Waals surface area contributed by atoms with E-state index in [1.54, 1.807) is 0 Å². The van der Waals surface area contributed by atoms with Gasteiger partial charge in [0.25, 0.3) is 0 Å². The van der Waals surface area contributed by atoms with Gasteiger partial charge in [0, 0.05) is 27.5 Å². The van der Waals surface area contributed by atoms with Crippen molar-refractivity contribution < 1.29 is 4.42 Å². The predicted octanol–water partition coefficient (Wildman–Crippen LogP) is 14.8. The first-order valence-electron chi connectivity index (χ1n) is 20.3. The lowest BCUT2D eigenvalue weighted by Gasteiger charge is -2.15. The van der Waals surface area contributed by atoms with E-state index in [-0.39, 0.29) is 0 Å². The quantitative estimate of drug-likeness (QED) is 0.164. The Hall–Kier alpha value is -7.69. The Balaban J connectivity index is 1.09. The molecule has 276 valence electrons. The van der Waals surface area contributed by atoms with E-state index >= 15 is 0 Å². The van der Waals surface area contributed by atoms with E-state index in [2.05, 4.69) is 176 Å². The fourth-order valence-electron chi connectivity index (χ4n) is 9.20. The number of rotatable bonds is 5. The summed E-state index contributed by atoms with van der Waals surface area (Å²) in [6.07, 6.45) is 8.98. The molecule has 2 heterocycles. The summed E-state index contributed by atoms with van der Waals surface area (Å²) in [5.74, 6) is 1.90. The molecular weight excluding hydrogens is 719 g/mol. The maximum Gasteiger partial charge on any atom is 0.164 e. The summed E-state index contributed by atoms with van der Waals surface area (Å²) >= 11 is 0. The second-order valence-electron chi connectivity index (χ2n) is 15.4. The SMILES string of the molecule is C1=CC(c2ccc(-c3nc(-c4ccc5c(ccc6ccccc65)c4)nc(-c4cccc5c(-c6cccc7oc8ccccc8c67)cccc45)n3)c3ccccc23)=CCC1. The third-order valence-corrected chi connectivity index (χ3v) is 12.0. The van der Waals surface area contributed by atoms with Crippen LogP contribution in [0.15, 0.2) is 193 Å². The Morgan fingerprint density at radius 2 is 0.949 bits per heavy atom. The van der Waals surface area contributed by atoms with Crippen LogP contribution in [-0.4, -0.2) is 15.0 Å². The van der Waals surface area contributed by atoms with Crippen LogP contribution < -0.4 is 0 Å². The molecule has 0 atom stereocenters. The van der Waals surface area contributed by atoms with Crippen LogP contribution in [0, 0.1) is 0 Å². The van der Waals surface area contributed by atoms with Gasteiger partial charge in [-0.25, -0.2) is 15.0 Å². The van der Waals surface area contributed by atoms with Gasteiger partial charge in [-0.15, -0.1) is 0 Å². The zero-order valence-electron chi connectivity index (χ0n) is 32.1. The lowest BCUT2D eigenvalue weighted by atomic mass is 9.92. The van der Waals surface area contributed by atoms with Crippen molar-refractivity contribution in [2.45, 2.75) is 12.8 Å². The molecule has 0 fully saturated rings. The number of fused-ring (bicyclic) bond motifs is 8. The van der Waals surface area contributed by atoms with Crippen molar-refractivity contribution in [1.82, 2.24) is 15.0 Å². The van der Waals surface area contributed by atoms with Crippen LogP contribution >= 0.6 is 0 Å². The topological polar surface area (TPSA) is 51.8 Å². The van der Waals surface area contributed by atoms with E-state index < -0.39 is 0 Å². The molecule has 12 rings (SSSR count). The Morgan fingerprint density at radius 3 is 1.76 bits per heavy atom. The highest BCUT2D eigenvalue weighted by molar-refractivity contribution is 6.16. The predicted molar refractivity (Wildman–Crippen MR) is 245 cm³/mol. The summed E-state index contributed by atoms with van der Waals surface area (Å²) < 4.78 is 6.32. The highest BCUT2D eigenvalue weighted by Gasteiger charge is 2.20. The van der Waals surface area contributed by atoms with E-state index in [0.29, 0.717) is 17.5 Å². The minimum Gasteiger partial charge on any atom is -0.456 e. The molecule has 0 unspecified atom stereocenters. The van der Waals surface area contributed by atoms with Gasteiger partial charge in [0.05, 0.1) is 0 Å². The monoisotopic (exact) mass is 753 g/mol. The van der Waals surface area contributed by atoms with E-state index in [0.717, 1.165) is 84.1 Å². The van der Waals surface area contributed by atoms with Crippen molar-refractivity contribution >= 4 is 70.6 Å². The first-order valence-corrected chi connectivity index (χ1v) is 20.3. The van der Waals surface area contributed by atoms with Crippen molar-refractivity contribution in [2.75, 3.05) is 0 Å². The number of benzene rings is 9. The Bertz CT molecular complexity index is 3570. The molecule has 4 heteroatoms. The molecule has 0 spiro atoms. The Labute approximate surface area is 340 Å². The Morgan fingerprint density at radius 1 is 0.373 bits per heavy atom. The van der Waals surface area contributed by atoms with Gasteiger partial charge >= 0.3 is 0 Å². The lowest BCUT2D eigenvalue weighted by molar-refractivity contribution is 0.669. The molecule has 9 aromatic carbocycles. The largest absolute Gasteiger partial charge is 0.456 e. The number of para-hydroxylation sites is 1. The second-order valence-corrected chi connectivity index (χ2v) is 15.4. The number of nitrogens with zero attached hydrogens (tertiary/aromatic N) is 3. The van der Waals surface area contributed by atoms with Crippen molar-refractivity contribution in [3.63, 3.8) is 0 Å². The molecule has 0 N–H and O–H groups in total. The highest BCUT2D eigenvalue weighted by Crippen LogP contribution is 2.42. The third-order valence-electron chi connectivity index (χ3n) is 12.0. The minimum atomic E-state index is 0.629. The average molecular weight is 754 g/mol. The molecule has 0 radical (unpaired) electrons. The van der Waals surface area contributed by atoms with Gasteiger partial charge < -0.3 is 4.42 Å². The molecular formula is C55H35N3O. The van der Waals surface area contributed by atoms with Crippen molar-refractivity contribution in [2.24, 2.45) is 0 Å². The van der Waals surface area contributed by atoms with Gasteiger partial charge in [-0.05, 0) is 102 Å². The third kappa shape index (κ3) is 5.49. The smallest absolute Gasteiger partial charge is 0.164 e. The lowest BCUT2D eigenvalue weighted by Crippen LogP contribution is -2.01. The standard InChI is InChI=1S/C55H35N3O/c1-2-13-34(14-3-1)39-31-32-48(44-18-7-6-17-41(39)44)55-57-53(37-29-30-40-36(33-37)28-27-35-15-4-5-16-38(35)40)56-54(58-55)47-24-11-20-42-43(21-10-22-45(42)47)46-23-12-26-51-52(46)49-19-8-9-25-50(49)59-51/h2,4-33H,1,3H2. The van der Waals surface area contributed by atoms with Crippen molar-refractivity contribution in [3.8, 4) is 45.3 Å². The average Bonchev–Trinajstić information content (AvgIpc) is 3.70. The van der Waals surface area contributed by atoms with Crippen LogP contribution in [0.3, 0.4) is 0 Å². The maximum atomic E-state index is 6.32. The van der Waals surface area contributed by atoms with Crippen LogP contribution in [-0.2, 0) is 0 Å². The Kier molecular flexibility index (Phi) is 7.63. The molecule has 0 saturated carbocycles. The molecule has 4 nitrogen and oxygen atoms in total. The number of furan rings is 1. The van der Waals surface area contributed by atoms with Gasteiger partial charge in [0.15, 0.2) is 17.5 Å². The van der Waals surface area contributed by atoms with Crippen LogP contribution in [0.1, 0.15) is 18.4 Å². The summed E-state index contributed by atoms with van der Waals surface area (Å²) in [5.41, 5.74) is 9.36. The zero-order chi connectivity index (χ0) is 38.9. The summed E-state index contributed by atoms with van der Waals surface area (Å²) in [6.45, 7) is 0. The van der Waals surface area contributed by atoms with E-state index in [1.807, 2.05) is 12.1 Å². The van der Waals surface area contributed by atoms with Crippen LogP contribution in [0.2, 0.25) is 0 Å². The highest BCUT2D eigenvalue weighted by atomic mass is 16.3. The van der Waals surface area contributed by atoms with Crippen molar-refractivity contribution in [1.29, 1.82) is 0 Å². The molecule has 11 aromatic rings. The molecule has 0 amide bonds. The molecule has 1 aliphatic carbocycles. The number of allylic oxidation sites excluding steroid dienone is 4. The molecule has 0 aliphatic heterocycles. The summed E-state index contributed by atoms with van der Waals surface area (Å²) in [6, 6.07) is 60.1. The summed E-state index contributed by atoms with van der Waals surface area (Å²) in [4.78, 5) is 16.0. The maximum absolute atomic E-state index is 6.32. The van der Waals surface area contributed by atoms with E-state index in [9.17, 15) is 0 Å². The number of aromatic nitrogens is 3.